The molecule has 6 amide bonds. The average molecular weight is 843 g/mol. The van der Waals surface area contributed by atoms with Crippen LogP contribution in [0, 0.1) is 29.6 Å². The summed E-state index contributed by atoms with van der Waals surface area (Å²) in [5, 5.41) is 13.4. The maximum absolute atomic E-state index is 14.7. The first kappa shape index (κ1) is 50.4. The second kappa shape index (κ2) is 22.6. The minimum atomic E-state index is -4.53. The average Bonchev–Trinajstić information content (AvgIpc) is 3.12. The Labute approximate surface area is 349 Å². The summed E-state index contributed by atoms with van der Waals surface area (Å²) >= 11 is 0. The molecule has 328 valence electrons. The number of rotatable bonds is 21. The van der Waals surface area contributed by atoms with Crippen LogP contribution in [0.15, 0.2) is 60.7 Å². The van der Waals surface area contributed by atoms with E-state index in [1.54, 1.807) is 137 Å². The van der Waals surface area contributed by atoms with Crippen molar-refractivity contribution < 1.29 is 43.0 Å². The quantitative estimate of drug-likeness (QED) is 0.0889. The van der Waals surface area contributed by atoms with Gasteiger partial charge in [0.15, 0.2) is 0 Å². The van der Waals surface area contributed by atoms with Gasteiger partial charge in [0.05, 0.1) is 5.92 Å². The Hall–Kier alpha value is -4.75. The number of carbonyl (C=O) groups excluding carboxylic acids is 6. The smallest absolute Gasteiger partial charge is 0.408 e. The number of alkyl carbamates (subject to hydrolysis) is 1. The second-order valence-corrected chi connectivity index (χ2v) is 20.0. The fourth-order valence-corrected chi connectivity index (χ4v) is 8.34. The van der Waals surface area contributed by atoms with Crippen LogP contribution in [0.2, 0.25) is 0 Å². The molecule has 0 spiro atoms. The monoisotopic (exact) mass is 842 g/mol. The zero-order valence-electron chi connectivity index (χ0n) is 36.4. The first-order chi connectivity index (χ1) is 27.3. The van der Waals surface area contributed by atoms with Crippen molar-refractivity contribution in [2.75, 3.05) is 6.16 Å². The first-order valence-electron chi connectivity index (χ1n) is 20.2. The van der Waals surface area contributed by atoms with Gasteiger partial charge in [-0.05, 0) is 62.0 Å². The number of carbonyl (C=O) groups is 6. The van der Waals surface area contributed by atoms with E-state index in [4.69, 9.17) is 10.5 Å². The lowest BCUT2D eigenvalue weighted by Gasteiger charge is -2.32. The third kappa shape index (κ3) is 16.8. The number of ether oxygens (including phenoxy) is 1. The standard InChI is InChI=1S/C43H67N6O9P/c1-25(2)33(37(44)50)46-40(53)35(27(5)6)47-38(51)31(22-29-18-14-12-15-19-29)24-59(56,57)32(23-30-20-16-13-17-21-30)45-39(52)34(26(3)4)48-41(54)36(28(7)8)49-42(55)58-43(9,10)11/h12-21,25-28,31-36H,22-24H2,1-11H3,(H2,44,50)(H,45,52)(H,46,53)(H,47,51)(H,48,54)(H,49,55)(H,56,57)/t31-,32+,33-,34-,35-,36-/m0/s1. The fourth-order valence-electron chi connectivity index (χ4n) is 6.33. The Morgan fingerprint density at radius 1 is 0.593 bits per heavy atom. The Bertz CT molecular complexity index is 1770. The first-order valence-corrected chi connectivity index (χ1v) is 22.1. The highest BCUT2D eigenvalue weighted by molar-refractivity contribution is 7.58. The molecule has 0 bridgehead atoms. The minimum Gasteiger partial charge on any atom is -0.444 e. The summed E-state index contributed by atoms with van der Waals surface area (Å²) in [5.41, 5.74) is 6.04. The van der Waals surface area contributed by atoms with E-state index in [1.165, 1.54) is 0 Å². The van der Waals surface area contributed by atoms with E-state index < -0.39 is 108 Å². The molecule has 2 aromatic rings. The third-order valence-electron chi connectivity index (χ3n) is 9.63. The third-order valence-corrected chi connectivity index (χ3v) is 11.9. The van der Waals surface area contributed by atoms with E-state index in [0.29, 0.717) is 11.1 Å². The van der Waals surface area contributed by atoms with Crippen LogP contribution in [-0.4, -0.2) is 82.2 Å². The summed E-state index contributed by atoms with van der Waals surface area (Å²) in [6, 6.07) is 13.3. The SMILES string of the molecule is CC(C)[C@H](NC(=O)[C@@H](NC(=O)[C@@H](Cc1ccccc1)CP(=O)(O)[C@H](Cc1ccccc1)NC(=O)[C@@H](NC(=O)[C@@H](NC(=O)OC(C)(C)C)C(C)C)C(C)C)C(C)C)C(N)=O. The topological polar surface area (TPSA) is 235 Å². The van der Waals surface area contributed by atoms with Gasteiger partial charge in [0.1, 0.15) is 35.6 Å². The van der Waals surface area contributed by atoms with Crippen molar-refractivity contribution in [1.29, 1.82) is 0 Å². The van der Waals surface area contributed by atoms with Crippen LogP contribution in [0.3, 0.4) is 0 Å². The summed E-state index contributed by atoms with van der Waals surface area (Å²) in [4.78, 5) is 92.1. The molecule has 0 aromatic heterocycles. The summed E-state index contributed by atoms with van der Waals surface area (Å²) < 4.78 is 20.1. The maximum Gasteiger partial charge on any atom is 0.408 e. The lowest BCUT2D eigenvalue weighted by atomic mass is 9.97. The lowest BCUT2D eigenvalue weighted by Crippen LogP contribution is -2.58. The van der Waals surface area contributed by atoms with Crippen molar-refractivity contribution in [2.24, 2.45) is 35.3 Å². The Balaban J connectivity index is 2.51. The van der Waals surface area contributed by atoms with Gasteiger partial charge in [-0.2, -0.15) is 0 Å². The molecule has 8 N–H and O–H groups in total. The Morgan fingerprint density at radius 3 is 1.37 bits per heavy atom. The van der Waals surface area contributed by atoms with Crippen molar-refractivity contribution >= 4 is 43.0 Å². The molecule has 0 radical (unpaired) electrons. The van der Waals surface area contributed by atoms with Crippen molar-refractivity contribution in [3.05, 3.63) is 71.8 Å². The number of nitrogens with two attached hydrogens (primary N) is 1. The number of benzene rings is 2. The summed E-state index contributed by atoms with van der Waals surface area (Å²) in [7, 11) is -4.53. The fraction of sp³-hybridized carbons (Fsp3) is 0.581. The molecule has 0 aliphatic rings. The van der Waals surface area contributed by atoms with Gasteiger partial charge < -0.3 is 41.9 Å². The van der Waals surface area contributed by atoms with Crippen molar-refractivity contribution in [2.45, 2.75) is 125 Å². The number of nitrogens with one attached hydrogen (secondary N) is 5. The lowest BCUT2D eigenvalue weighted by molar-refractivity contribution is -0.133. The van der Waals surface area contributed by atoms with E-state index >= 15 is 0 Å². The predicted molar refractivity (Wildman–Crippen MR) is 228 cm³/mol. The van der Waals surface area contributed by atoms with Gasteiger partial charge >= 0.3 is 6.09 Å². The number of hydrogen-bond acceptors (Lipinski definition) is 8. The van der Waals surface area contributed by atoms with E-state index in [-0.39, 0.29) is 18.8 Å². The van der Waals surface area contributed by atoms with Crippen LogP contribution in [-0.2, 0) is 46.1 Å². The summed E-state index contributed by atoms with van der Waals surface area (Å²) in [6.07, 6.45) is -1.45. The van der Waals surface area contributed by atoms with Gasteiger partial charge in [0, 0.05) is 12.6 Å². The van der Waals surface area contributed by atoms with Crippen molar-refractivity contribution in [3.63, 3.8) is 0 Å². The van der Waals surface area contributed by atoms with Crippen molar-refractivity contribution in [1.82, 2.24) is 26.6 Å². The van der Waals surface area contributed by atoms with Gasteiger partial charge in [-0.25, -0.2) is 4.79 Å². The molecule has 2 rings (SSSR count). The zero-order chi connectivity index (χ0) is 44.8. The second-order valence-electron chi connectivity index (χ2n) is 17.5. The normalized spacial score (nSPS) is 15.9. The zero-order valence-corrected chi connectivity index (χ0v) is 37.3. The largest absolute Gasteiger partial charge is 0.444 e. The van der Waals surface area contributed by atoms with Crippen LogP contribution in [0.5, 0.6) is 0 Å². The van der Waals surface area contributed by atoms with Crippen LogP contribution in [0.1, 0.15) is 87.3 Å². The van der Waals surface area contributed by atoms with Gasteiger partial charge in [-0.3, -0.25) is 28.5 Å². The van der Waals surface area contributed by atoms with Crippen LogP contribution < -0.4 is 32.3 Å². The minimum absolute atomic E-state index is 0.0253. The summed E-state index contributed by atoms with van der Waals surface area (Å²) in [5.74, 6) is -7.63. The van der Waals surface area contributed by atoms with E-state index in [2.05, 4.69) is 26.6 Å². The number of hydrogen-bond donors (Lipinski definition) is 7. The highest BCUT2D eigenvalue weighted by Gasteiger charge is 2.41. The predicted octanol–water partition coefficient (Wildman–Crippen LogP) is 4.26. The molecule has 1 unspecified atom stereocenters. The highest BCUT2D eigenvalue weighted by Crippen LogP contribution is 2.48. The molecular formula is C43H67N6O9P. The molecule has 0 fully saturated rings. The molecule has 7 atom stereocenters. The maximum atomic E-state index is 14.7. The van der Waals surface area contributed by atoms with Crippen molar-refractivity contribution in [3.8, 4) is 0 Å². The van der Waals surface area contributed by atoms with Gasteiger partial charge in [0.25, 0.3) is 0 Å². The number of primary amides is 1. The molecule has 59 heavy (non-hydrogen) atoms. The Morgan fingerprint density at radius 2 is 0.966 bits per heavy atom. The number of amides is 6. The molecule has 0 aliphatic heterocycles. The Kier molecular flexibility index (Phi) is 19.3. The highest BCUT2D eigenvalue weighted by atomic mass is 31.2. The van der Waals surface area contributed by atoms with Gasteiger partial charge in [0.2, 0.25) is 36.9 Å². The molecule has 15 nitrogen and oxygen atoms in total. The molecule has 0 saturated carbocycles. The molecular weight excluding hydrogens is 775 g/mol. The van der Waals surface area contributed by atoms with Gasteiger partial charge in [-0.1, -0.05) is 116 Å². The van der Waals surface area contributed by atoms with Crippen LogP contribution in [0.4, 0.5) is 4.79 Å². The van der Waals surface area contributed by atoms with Gasteiger partial charge in [-0.15, -0.1) is 0 Å². The van der Waals surface area contributed by atoms with Crippen LogP contribution >= 0.6 is 7.37 Å². The molecule has 16 heteroatoms. The van der Waals surface area contributed by atoms with E-state index in [1.807, 2.05) is 0 Å². The van der Waals surface area contributed by atoms with E-state index in [9.17, 15) is 38.2 Å². The summed E-state index contributed by atoms with van der Waals surface area (Å²) in [6.45, 7) is 18.8. The molecule has 0 aliphatic carbocycles. The molecule has 0 heterocycles. The molecule has 0 saturated heterocycles. The van der Waals surface area contributed by atoms with Crippen LogP contribution in [0.25, 0.3) is 0 Å². The molecule has 2 aromatic carbocycles. The van der Waals surface area contributed by atoms with E-state index in [0.717, 1.165) is 0 Å².